The number of hydrogen-bond donors (Lipinski definition) is 0. The van der Waals surface area contributed by atoms with Crippen molar-refractivity contribution in [2.24, 2.45) is 5.92 Å². The molecule has 0 saturated heterocycles. The number of carbonyl (C=O) groups is 1. The summed E-state index contributed by atoms with van der Waals surface area (Å²) in [5.41, 5.74) is -0.757. The minimum Gasteiger partial charge on any atom is -0.490 e. The highest BCUT2D eigenvalue weighted by atomic mass is 19.1. The molecule has 0 aliphatic heterocycles. The van der Waals surface area contributed by atoms with Crippen molar-refractivity contribution in [1.29, 1.82) is 0 Å². The van der Waals surface area contributed by atoms with Crippen LogP contribution in [0.1, 0.15) is 64.4 Å². The first kappa shape index (κ1) is 30.5. The summed E-state index contributed by atoms with van der Waals surface area (Å²) < 4.78 is 24.8. The largest absolute Gasteiger partial charge is 0.490 e. The predicted octanol–water partition coefficient (Wildman–Crippen LogP) is 7.59. The van der Waals surface area contributed by atoms with Gasteiger partial charge in [-0.3, -0.25) is 4.79 Å². The first-order valence-electron chi connectivity index (χ1n) is 13.0. The molecule has 1 aliphatic rings. The SMILES string of the molecule is C/C=C\CCCC(=O)Oc1ccc(CO[N+](=O)[O-])cc1.CC(F)(/C=C/C1CCCC1)COc1ccccc1. The standard InChI is InChI=1S/C16H21FO.C14H17NO5/c1-16(17,12-11-14-7-5-6-8-14)13-18-15-9-3-2-4-10-15;1-2-3-4-5-6-14(16)20-13-9-7-12(8-10-13)11-19-15(17)18/h2-4,9-12,14H,5-8,13H2,1H3;2-3,7-10H,4-6,11H2,1H3/b12-11+;3-2-. The van der Waals surface area contributed by atoms with E-state index in [0.717, 1.165) is 18.6 Å². The molecular formula is C30H38FNO6. The molecule has 38 heavy (non-hydrogen) atoms. The summed E-state index contributed by atoms with van der Waals surface area (Å²) in [6.07, 6.45) is 14.5. The molecular weight excluding hydrogens is 489 g/mol. The first-order valence-corrected chi connectivity index (χ1v) is 13.0. The van der Waals surface area contributed by atoms with Crippen LogP contribution in [0.2, 0.25) is 0 Å². The van der Waals surface area contributed by atoms with Crippen molar-refractivity contribution in [2.45, 2.75) is 71.1 Å². The normalized spacial score (nSPS) is 15.0. The minimum atomic E-state index is -1.39. The van der Waals surface area contributed by atoms with Crippen LogP contribution in [0.4, 0.5) is 4.39 Å². The third kappa shape index (κ3) is 13.6. The molecule has 3 rings (SSSR count). The first-order chi connectivity index (χ1) is 18.3. The van der Waals surface area contributed by atoms with E-state index < -0.39 is 10.8 Å². The Balaban J connectivity index is 0.000000268. The Labute approximate surface area is 224 Å². The summed E-state index contributed by atoms with van der Waals surface area (Å²) in [6, 6.07) is 15.8. The number of alkyl halides is 1. The molecule has 0 spiro atoms. The molecule has 7 nitrogen and oxygen atoms in total. The Kier molecular flexibility index (Phi) is 13.6. The van der Waals surface area contributed by atoms with Crippen LogP contribution in [0.5, 0.6) is 11.5 Å². The minimum absolute atomic E-state index is 0.0697. The predicted molar refractivity (Wildman–Crippen MR) is 145 cm³/mol. The second-order valence-corrected chi connectivity index (χ2v) is 9.36. The number of benzene rings is 2. The van der Waals surface area contributed by atoms with Crippen molar-refractivity contribution < 1.29 is 28.6 Å². The number of nitrogens with zero attached hydrogens (tertiary/aromatic N) is 1. The van der Waals surface area contributed by atoms with Gasteiger partial charge in [-0.15, -0.1) is 10.1 Å². The van der Waals surface area contributed by atoms with Crippen molar-refractivity contribution in [3.8, 4) is 11.5 Å². The monoisotopic (exact) mass is 527 g/mol. The molecule has 0 bridgehead atoms. The zero-order chi connectivity index (χ0) is 27.6. The van der Waals surface area contributed by atoms with Crippen molar-refractivity contribution in [2.75, 3.05) is 6.61 Å². The number of ether oxygens (including phenoxy) is 2. The van der Waals surface area contributed by atoms with Crippen LogP contribution in [0.15, 0.2) is 78.9 Å². The van der Waals surface area contributed by atoms with Crippen LogP contribution in [-0.4, -0.2) is 23.3 Å². The fraction of sp³-hybridized carbons (Fsp3) is 0.433. The Morgan fingerprint density at radius 2 is 1.79 bits per heavy atom. The molecule has 0 aromatic heterocycles. The third-order valence-electron chi connectivity index (χ3n) is 5.86. The molecule has 8 heteroatoms. The summed E-state index contributed by atoms with van der Waals surface area (Å²) >= 11 is 0. The van der Waals surface area contributed by atoms with E-state index in [9.17, 15) is 19.3 Å². The second-order valence-electron chi connectivity index (χ2n) is 9.36. The number of halogens is 1. The van der Waals surface area contributed by atoms with Crippen LogP contribution < -0.4 is 9.47 Å². The van der Waals surface area contributed by atoms with Crippen LogP contribution in [-0.2, 0) is 16.2 Å². The van der Waals surface area contributed by atoms with Crippen LogP contribution in [0, 0.1) is 16.0 Å². The summed E-state index contributed by atoms with van der Waals surface area (Å²) in [4.78, 5) is 25.8. The fourth-order valence-corrected chi connectivity index (χ4v) is 3.77. The average molecular weight is 528 g/mol. The average Bonchev–Trinajstić information content (AvgIpc) is 3.44. The lowest BCUT2D eigenvalue weighted by Gasteiger charge is -2.17. The number of esters is 1. The highest BCUT2D eigenvalue weighted by molar-refractivity contribution is 5.72. The lowest BCUT2D eigenvalue weighted by atomic mass is 10.0. The van der Waals surface area contributed by atoms with E-state index in [-0.39, 0.29) is 19.2 Å². The summed E-state index contributed by atoms with van der Waals surface area (Å²) in [5, 5.41) is 9.19. The molecule has 0 radical (unpaired) electrons. The number of para-hydroxylation sites is 1. The second kappa shape index (κ2) is 16.9. The maximum absolute atomic E-state index is 14.2. The van der Waals surface area contributed by atoms with E-state index in [2.05, 4.69) is 4.84 Å². The van der Waals surface area contributed by atoms with Crippen molar-refractivity contribution in [3.05, 3.63) is 94.6 Å². The molecule has 0 heterocycles. The van der Waals surface area contributed by atoms with Gasteiger partial charge in [0.25, 0.3) is 5.09 Å². The quantitative estimate of drug-likeness (QED) is 0.0666. The Morgan fingerprint density at radius 1 is 1.11 bits per heavy atom. The number of allylic oxidation sites excluding steroid dienone is 3. The molecule has 2 aromatic rings. The molecule has 0 N–H and O–H groups in total. The van der Waals surface area contributed by atoms with Gasteiger partial charge < -0.3 is 14.3 Å². The molecule has 206 valence electrons. The van der Waals surface area contributed by atoms with E-state index in [1.165, 1.54) is 25.7 Å². The Bertz CT molecular complexity index is 1010. The van der Waals surface area contributed by atoms with Crippen molar-refractivity contribution in [1.82, 2.24) is 0 Å². The third-order valence-corrected chi connectivity index (χ3v) is 5.86. The Morgan fingerprint density at radius 3 is 2.42 bits per heavy atom. The topological polar surface area (TPSA) is 87.9 Å². The zero-order valence-electron chi connectivity index (χ0n) is 22.2. The molecule has 1 fully saturated rings. The van der Waals surface area contributed by atoms with Gasteiger partial charge in [-0.1, -0.05) is 61.4 Å². The van der Waals surface area contributed by atoms with E-state index in [1.807, 2.05) is 55.5 Å². The number of rotatable bonds is 13. The van der Waals surface area contributed by atoms with Gasteiger partial charge in [0.15, 0.2) is 5.67 Å². The van der Waals surface area contributed by atoms with Gasteiger partial charge in [0.1, 0.15) is 24.7 Å². The molecule has 1 unspecified atom stereocenters. The maximum atomic E-state index is 14.2. The van der Waals surface area contributed by atoms with Gasteiger partial charge in [-0.05, 0) is 81.4 Å². The Hall–Kier alpha value is -3.68. The van der Waals surface area contributed by atoms with Crippen LogP contribution >= 0.6 is 0 Å². The van der Waals surface area contributed by atoms with Gasteiger partial charge in [-0.25, -0.2) is 4.39 Å². The summed E-state index contributed by atoms with van der Waals surface area (Å²) in [7, 11) is 0. The van der Waals surface area contributed by atoms with Gasteiger partial charge in [0.2, 0.25) is 0 Å². The lowest BCUT2D eigenvalue weighted by molar-refractivity contribution is -0.763. The fourth-order valence-electron chi connectivity index (χ4n) is 3.77. The number of unbranched alkanes of at least 4 members (excludes halogenated alkanes) is 1. The van der Waals surface area contributed by atoms with Crippen LogP contribution in [0.3, 0.4) is 0 Å². The van der Waals surface area contributed by atoms with Crippen molar-refractivity contribution in [3.63, 3.8) is 0 Å². The van der Waals surface area contributed by atoms with E-state index in [1.54, 1.807) is 37.3 Å². The van der Waals surface area contributed by atoms with Gasteiger partial charge in [-0.2, -0.15) is 0 Å². The molecule has 0 amide bonds. The van der Waals surface area contributed by atoms with E-state index in [4.69, 9.17) is 9.47 Å². The highest BCUT2D eigenvalue weighted by Crippen LogP contribution is 2.27. The van der Waals surface area contributed by atoms with Crippen molar-refractivity contribution >= 4 is 5.97 Å². The van der Waals surface area contributed by atoms with E-state index >= 15 is 0 Å². The molecule has 1 saturated carbocycles. The molecule has 2 aromatic carbocycles. The number of carbonyl (C=O) groups excluding carboxylic acids is 1. The molecule has 1 atom stereocenters. The smallest absolute Gasteiger partial charge is 0.311 e. The maximum Gasteiger partial charge on any atom is 0.311 e. The summed E-state index contributed by atoms with van der Waals surface area (Å²) in [5.74, 6) is 1.42. The number of hydrogen-bond acceptors (Lipinski definition) is 6. The van der Waals surface area contributed by atoms with Gasteiger partial charge in [0.05, 0.1) is 0 Å². The van der Waals surface area contributed by atoms with Crippen LogP contribution in [0.25, 0.3) is 0 Å². The lowest BCUT2D eigenvalue weighted by Crippen LogP contribution is -2.24. The van der Waals surface area contributed by atoms with Gasteiger partial charge >= 0.3 is 5.97 Å². The summed E-state index contributed by atoms with van der Waals surface area (Å²) in [6.45, 7) is 3.45. The van der Waals surface area contributed by atoms with Gasteiger partial charge in [0, 0.05) is 6.42 Å². The molecule has 1 aliphatic carbocycles. The van der Waals surface area contributed by atoms with E-state index in [0.29, 0.717) is 23.7 Å². The highest BCUT2D eigenvalue weighted by Gasteiger charge is 2.22. The zero-order valence-corrected chi connectivity index (χ0v) is 22.2.